The Balaban J connectivity index is 1.52. The van der Waals surface area contributed by atoms with E-state index in [1.165, 1.54) is 25.0 Å². The van der Waals surface area contributed by atoms with E-state index in [0.717, 1.165) is 49.4 Å². The third-order valence-corrected chi connectivity index (χ3v) is 5.30. The second kappa shape index (κ2) is 8.97. The number of nitrogens with zero attached hydrogens (tertiary/aromatic N) is 2. The second-order valence-electron chi connectivity index (χ2n) is 7.89. The van der Waals surface area contributed by atoms with Gasteiger partial charge in [0, 0.05) is 17.0 Å². The fraction of sp³-hybridized carbons (Fsp3) is 0.571. The molecule has 0 heterocycles. The summed E-state index contributed by atoms with van der Waals surface area (Å²) in [5, 5.41) is 8.84. The van der Waals surface area contributed by atoms with Crippen LogP contribution >= 0.6 is 0 Å². The number of nitrogens with one attached hydrogen (secondary N) is 2. The first-order valence-corrected chi connectivity index (χ1v) is 9.87. The van der Waals surface area contributed by atoms with Crippen molar-refractivity contribution in [2.45, 2.75) is 65.2 Å². The van der Waals surface area contributed by atoms with Crippen molar-refractivity contribution in [3.05, 3.63) is 29.8 Å². The van der Waals surface area contributed by atoms with Crippen LogP contribution in [0.4, 0.5) is 5.69 Å². The standard InChI is InChI=1S/C21H30N4O/c1-15-5-3-7-19(13-15)23-22-18-11-9-17(10-12-18)21(26)25-24-20-8-4-6-16(2)14-20/h9-12,15-16,22H,3-8,13-14H2,1-2H3,(H,25,26)/b23-19+,24-20-/t15-,16+/m1/s1. The zero-order chi connectivity index (χ0) is 18.4. The van der Waals surface area contributed by atoms with Crippen LogP contribution in [0.1, 0.15) is 75.6 Å². The fourth-order valence-electron chi connectivity index (χ4n) is 3.76. The van der Waals surface area contributed by atoms with Gasteiger partial charge in [0.25, 0.3) is 5.91 Å². The molecule has 0 aromatic heterocycles. The van der Waals surface area contributed by atoms with E-state index in [0.29, 0.717) is 11.5 Å². The molecule has 140 valence electrons. The van der Waals surface area contributed by atoms with Gasteiger partial charge in [-0.25, -0.2) is 5.43 Å². The normalized spacial score (nSPS) is 26.7. The highest BCUT2D eigenvalue weighted by molar-refractivity contribution is 5.96. The highest BCUT2D eigenvalue weighted by atomic mass is 16.2. The topological polar surface area (TPSA) is 65.8 Å². The van der Waals surface area contributed by atoms with Crippen LogP contribution in [0.2, 0.25) is 0 Å². The molecule has 5 nitrogen and oxygen atoms in total. The lowest BCUT2D eigenvalue weighted by atomic mass is 9.89. The van der Waals surface area contributed by atoms with E-state index in [1.54, 1.807) is 0 Å². The van der Waals surface area contributed by atoms with Gasteiger partial charge in [-0.2, -0.15) is 10.2 Å². The highest BCUT2D eigenvalue weighted by Gasteiger charge is 2.15. The molecular formula is C21H30N4O. The Morgan fingerprint density at radius 3 is 2.08 bits per heavy atom. The van der Waals surface area contributed by atoms with E-state index >= 15 is 0 Å². The smallest absolute Gasteiger partial charge is 0.271 e. The van der Waals surface area contributed by atoms with Gasteiger partial charge in [0.15, 0.2) is 0 Å². The lowest BCUT2D eigenvalue weighted by molar-refractivity contribution is 0.0954. The van der Waals surface area contributed by atoms with E-state index in [-0.39, 0.29) is 5.91 Å². The number of hydrogen-bond acceptors (Lipinski definition) is 4. The molecule has 0 unspecified atom stereocenters. The molecule has 2 aliphatic carbocycles. The van der Waals surface area contributed by atoms with E-state index in [9.17, 15) is 4.79 Å². The summed E-state index contributed by atoms with van der Waals surface area (Å²) < 4.78 is 0. The molecule has 0 radical (unpaired) electrons. The minimum atomic E-state index is -0.158. The molecular weight excluding hydrogens is 324 g/mol. The first kappa shape index (κ1) is 18.6. The zero-order valence-electron chi connectivity index (χ0n) is 15.9. The number of hydrazone groups is 2. The molecule has 2 atom stereocenters. The molecule has 26 heavy (non-hydrogen) atoms. The van der Waals surface area contributed by atoms with Crippen LogP contribution in [0.5, 0.6) is 0 Å². The summed E-state index contributed by atoms with van der Waals surface area (Å²) in [7, 11) is 0. The van der Waals surface area contributed by atoms with Gasteiger partial charge in [-0.05, 0) is 87.5 Å². The summed E-state index contributed by atoms with van der Waals surface area (Å²) in [6.45, 7) is 4.51. The minimum Gasteiger partial charge on any atom is -0.279 e. The summed E-state index contributed by atoms with van der Waals surface area (Å²) >= 11 is 0. The SMILES string of the molecule is C[C@@H]1CCC/C(=N\Nc2ccc(C(=O)N/N=C3/CCC[C@H](C)C3)cc2)C1. The van der Waals surface area contributed by atoms with Crippen molar-refractivity contribution >= 4 is 23.0 Å². The second-order valence-corrected chi connectivity index (χ2v) is 7.89. The van der Waals surface area contributed by atoms with Crippen molar-refractivity contribution in [1.29, 1.82) is 0 Å². The first-order valence-electron chi connectivity index (χ1n) is 9.87. The molecule has 2 saturated carbocycles. The number of hydrogen-bond donors (Lipinski definition) is 2. The van der Waals surface area contributed by atoms with Crippen molar-refractivity contribution < 1.29 is 4.79 Å². The first-order chi connectivity index (χ1) is 12.6. The maximum absolute atomic E-state index is 12.3. The van der Waals surface area contributed by atoms with Gasteiger partial charge < -0.3 is 0 Å². The number of rotatable bonds is 4. The van der Waals surface area contributed by atoms with Crippen LogP contribution in [0.15, 0.2) is 34.5 Å². The van der Waals surface area contributed by atoms with Crippen molar-refractivity contribution in [2.24, 2.45) is 22.0 Å². The summed E-state index contributed by atoms with van der Waals surface area (Å²) in [4.78, 5) is 12.3. The van der Waals surface area contributed by atoms with Crippen molar-refractivity contribution in [3.8, 4) is 0 Å². The molecule has 0 bridgehead atoms. The number of carbonyl (C=O) groups excluding carboxylic acids is 1. The third kappa shape index (κ3) is 5.41. The average molecular weight is 354 g/mol. The molecule has 0 spiro atoms. The van der Waals surface area contributed by atoms with E-state index in [2.05, 4.69) is 34.9 Å². The highest BCUT2D eigenvalue weighted by Crippen LogP contribution is 2.22. The van der Waals surface area contributed by atoms with Crippen LogP contribution < -0.4 is 10.9 Å². The quantitative estimate of drug-likeness (QED) is 0.751. The largest absolute Gasteiger partial charge is 0.279 e. The Labute approximate surface area is 156 Å². The van der Waals surface area contributed by atoms with Crippen LogP contribution in [0.3, 0.4) is 0 Å². The maximum Gasteiger partial charge on any atom is 0.271 e. The molecule has 0 aliphatic heterocycles. The van der Waals surface area contributed by atoms with Gasteiger partial charge in [-0.1, -0.05) is 13.8 Å². The Morgan fingerprint density at radius 2 is 1.50 bits per heavy atom. The molecule has 3 rings (SSSR count). The van der Waals surface area contributed by atoms with Gasteiger partial charge in [0.1, 0.15) is 0 Å². The van der Waals surface area contributed by atoms with Gasteiger partial charge in [0.2, 0.25) is 0 Å². The van der Waals surface area contributed by atoms with Crippen LogP contribution in [0, 0.1) is 11.8 Å². The van der Waals surface area contributed by atoms with Crippen LogP contribution in [0.25, 0.3) is 0 Å². The summed E-state index contributed by atoms with van der Waals surface area (Å²) in [5.74, 6) is 1.23. The predicted molar refractivity (Wildman–Crippen MR) is 108 cm³/mol. The monoisotopic (exact) mass is 354 g/mol. The van der Waals surface area contributed by atoms with Crippen LogP contribution in [-0.4, -0.2) is 17.3 Å². The lowest BCUT2D eigenvalue weighted by Crippen LogP contribution is -2.22. The molecule has 5 heteroatoms. The molecule has 0 saturated heterocycles. The van der Waals surface area contributed by atoms with E-state index in [1.807, 2.05) is 24.3 Å². The van der Waals surface area contributed by atoms with Crippen LogP contribution in [-0.2, 0) is 0 Å². The van der Waals surface area contributed by atoms with E-state index < -0.39 is 0 Å². The summed E-state index contributed by atoms with van der Waals surface area (Å²) in [6.07, 6.45) is 9.08. The molecule has 2 N–H and O–H groups in total. The number of benzene rings is 1. The van der Waals surface area contributed by atoms with Gasteiger partial charge >= 0.3 is 0 Å². The van der Waals surface area contributed by atoms with Crippen molar-refractivity contribution in [2.75, 3.05) is 5.43 Å². The van der Waals surface area contributed by atoms with Gasteiger partial charge in [-0.15, -0.1) is 0 Å². The lowest BCUT2D eigenvalue weighted by Gasteiger charge is -2.19. The molecule has 1 aromatic rings. The maximum atomic E-state index is 12.3. The Kier molecular flexibility index (Phi) is 6.42. The Morgan fingerprint density at radius 1 is 0.923 bits per heavy atom. The Bertz CT molecular complexity index is 678. The van der Waals surface area contributed by atoms with Gasteiger partial charge in [-0.3, -0.25) is 10.2 Å². The summed E-state index contributed by atoms with van der Waals surface area (Å²) in [5.41, 5.74) is 9.68. The van der Waals surface area contributed by atoms with Crippen molar-refractivity contribution in [3.63, 3.8) is 0 Å². The molecule has 1 aromatic carbocycles. The molecule has 2 fully saturated rings. The van der Waals surface area contributed by atoms with Gasteiger partial charge in [0.05, 0.1) is 5.69 Å². The average Bonchev–Trinajstić information content (AvgIpc) is 2.65. The fourth-order valence-corrected chi connectivity index (χ4v) is 3.76. The number of carbonyl (C=O) groups is 1. The summed E-state index contributed by atoms with van der Waals surface area (Å²) in [6, 6.07) is 7.40. The van der Waals surface area contributed by atoms with Crippen molar-refractivity contribution in [1.82, 2.24) is 5.43 Å². The number of anilines is 1. The molecule has 1 amide bonds. The minimum absolute atomic E-state index is 0.158. The predicted octanol–water partition coefficient (Wildman–Crippen LogP) is 4.96. The van der Waals surface area contributed by atoms with E-state index in [4.69, 9.17) is 0 Å². The molecule has 2 aliphatic rings. The zero-order valence-corrected chi connectivity index (χ0v) is 15.9. The third-order valence-electron chi connectivity index (χ3n) is 5.30. The Hall–Kier alpha value is -2.17. The number of amides is 1.